The van der Waals surface area contributed by atoms with Gasteiger partial charge in [0, 0.05) is 18.7 Å². The van der Waals surface area contributed by atoms with Crippen LogP contribution in [0.15, 0.2) is 36.4 Å². The van der Waals surface area contributed by atoms with Crippen molar-refractivity contribution in [2.75, 3.05) is 6.54 Å². The van der Waals surface area contributed by atoms with Crippen LogP contribution >= 0.6 is 0 Å². The highest BCUT2D eigenvalue weighted by Crippen LogP contribution is 2.36. The molecule has 2 fully saturated rings. The van der Waals surface area contributed by atoms with E-state index >= 15 is 0 Å². The molecule has 2 aliphatic rings. The lowest BCUT2D eigenvalue weighted by atomic mass is 9.76. The number of carbonyl (C=O) groups is 1. The molecule has 1 aliphatic carbocycles. The summed E-state index contributed by atoms with van der Waals surface area (Å²) in [6.45, 7) is 3.30. The maximum atomic E-state index is 12.7. The number of hydrogen-bond acceptors (Lipinski definition) is 1. The average molecular weight is 311 g/mol. The Morgan fingerprint density at radius 3 is 2.52 bits per heavy atom. The van der Waals surface area contributed by atoms with E-state index in [2.05, 4.69) is 11.8 Å². The first kappa shape index (κ1) is 16.3. The first-order chi connectivity index (χ1) is 11.2. The number of benzene rings is 1. The van der Waals surface area contributed by atoms with E-state index in [1.54, 1.807) is 6.08 Å². The molecule has 0 N–H and O–H groups in total. The topological polar surface area (TPSA) is 20.3 Å². The molecule has 0 bridgehead atoms. The third-order valence-electron chi connectivity index (χ3n) is 5.65. The molecule has 0 radical (unpaired) electrons. The van der Waals surface area contributed by atoms with E-state index in [1.165, 1.54) is 38.5 Å². The summed E-state index contributed by atoms with van der Waals surface area (Å²) in [5.74, 6) is 1.80. The summed E-state index contributed by atoms with van der Waals surface area (Å²) in [6, 6.07) is 10.6. The molecule has 1 heterocycles. The normalized spacial score (nSPS) is 28.9. The fraction of sp³-hybridized carbons (Fsp3) is 0.571. The van der Waals surface area contributed by atoms with Gasteiger partial charge in [-0.05, 0) is 55.6 Å². The lowest BCUT2D eigenvalue weighted by Gasteiger charge is -2.42. The van der Waals surface area contributed by atoms with Crippen LogP contribution in [0, 0.1) is 11.8 Å². The minimum atomic E-state index is 0.206. The molecule has 2 heteroatoms. The number of hydrogen-bond donors (Lipinski definition) is 0. The highest BCUT2D eigenvalue weighted by atomic mass is 16.2. The maximum Gasteiger partial charge on any atom is 0.246 e. The van der Waals surface area contributed by atoms with Crippen LogP contribution in [0.3, 0.4) is 0 Å². The van der Waals surface area contributed by atoms with Gasteiger partial charge in [-0.3, -0.25) is 4.79 Å². The first-order valence-electron chi connectivity index (χ1n) is 9.28. The lowest BCUT2D eigenvalue weighted by molar-refractivity contribution is -0.131. The standard InChI is InChI=1S/C21H29NO/c1-17-10-13-19(14-11-17)20-9-5-6-16-22(20)21(23)15-12-18-7-3-2-4-8-18/h2-4,7-8,12,15,17,19-20H,5-6,9-11,13-14,16H2,1H3/b15-12+. The summed E-state index contributed by atoms with van der Waals surface area (Å²) in [5.41, 5.74) is 1.10. The van der Waals surface area contributed by atoms with Crippen molar-refractivity contribution in [1.29, 1.82) is 0 Å². The second-order valence-corrected chi connectivity index (χ2v) is 7.36. The highest BCUT2D eigenvalue weighted by Gasteiger charge is 2.33. The number of carbonyl (C=O) groups excluding carboxylic acids is 1. The number of likely N-dealkylation sites (tertiary alicyclic amines) is 1. The smallest absolute Gasteiger partial charge is 0.246 e. The van der Waals surface area contributed by atoms with Gasteiger partial charge in [-0.1, -0.05) is 50.1 Å². The molecule has 1 atom stereocenters. The van der Waals surface area contributed by atoms with Gasteiger partial charge in [0.05, 0.1) is 0 Å². The Morgan fingerprint density at radius 1 is 1.04 bits per heavy atom. The molecule has 2 nitrogen and oxygen atoms in total. The molecule has 1 unspecified atom stereocenters. The third-order valence-corrected chi connectivity index (χ3v) is 5.65. The zero-order chi connectivity index (χ0) is 16.1. The molecule has 124 valence electrons. The van der Waals surface area contributed by atoms with E-state index in [-0.39, 0.29) is 5.91 Å². The first-order valence-corrected chi connectivity index (χ1v) is 9.28. The van der Waals surface area contributed by atoms with Crippen molar-refractivity contribution in [1.82, 2.24) is 4.90 Å². The average Bonchev–Trinajstić information content (AvgIpc) is 2.61. The van der Waals surface area contributed by atoms with Crippen molar-refractivity contribution in [3.05, 3.63) is 42.0 Å². The van der Waals surface area contributed by atoms with Crippen LogP contribution < -0.4 is 0 Å². The van der Waals surface area contributed by atoms with Gasteiger partial charge in [-0.25, -0.2) is 0 Å². The van der Waals surface area contributed by atoms with Gasteiger partial charge in [-0.2, -0.15) is 0 Å². The van der Waals surface area contributed by atoms with Crippen molar-refractivity contribution < 1.29 is 4.79 Å². The van der Waals surface area contributed by atoms with Gasteiger partial charge in [0.2, 0.25) is 5.91 Å². The van der Waals surface area contributed by atoms with Crippen LogP contribution in [0.2, 0.25) is 0 Å². The Bertz CT molecular complexity index is 528. The van der Waals surface area contributed by atoms with E-state index in [9.17, 15) is 4.79 Å². The van der Waals surface area contributed by atoms with Gasteiger partial charge >= 0.3 is 0 Å². The Kier molecular flexibility index (Phi) is 5.53. The van der Waals surface area contributed by atoms with Gasteiger partial charge in [0.25, 0.3) is 0 Å². The summed E-state index contributed by atoms with van der Waals surface area (Å²) in [5, 5.41) is 0. The zero-order valence-electron chi connectivity index (χ0n) is 14.3. The highest BCUT2D eigenvalue weighted by molar-refractivity contribution is 5.92. The van der Waals surface area contributed by atoms with E-state index in [0.29, 0.717) is 6.04 Å². The van der Waals surface area contributed by atoms with Crippen molar-refractivity contribution in [2.24, 2.45) is 11.8 Å². The number of rotatable bonds is 3. The Balaban J connectivity index is 1.66. The molecule has 1 aromatic carbocycles. The molecule has 0 aromatic heterocycles. The summed E-state index contributed by atoms with van der Waals surface area (Å²) >= 11 is 0. The second kappa shape index (κ2) is 7.81. The Labute approximate surface area is 140 Å². The third kappa shape index (κ3) is 4.25. The summed E-state index contributed by atoms with van der Waals surface area (Å²) in [7, 11) is 0. The Hall–Kier alpha value is -1.57. The number of nitrogens with zero attached hydrogens (tertiary/aromatic N) is 1. The molecule has 1 aliphatic heterocycles. The lowest BCUT2D eigenvalue weighted by Crippen LogP contribution is -2.47. The minimum absolute atomic E-state index is 0.206. The molecular weight excluding hydrogens is 282 g/mol. The minimum Gasteiger partial charge on any atom is -0.336 e. The fourth-order valence-electron chi connectivity index (χ4n) is 4.22. The van der Waals surface area contributed by atoms with Crippen LogP contribution in [-0.2, 0) is 4.79 Å². The molecule has 23 heavy (non-hydrogen) atoms. The molecule has 0 spiro atoms. The van der Waals surface area contributed by atoms with Crippen LogP contribution in [0.4, 0.5) is 0 Å². The van der Waals surface area contributed by atoms with E-state index < -0.39 is 0 Å². The monoisotopic (exact) mass is 311 g/mol. The van der Waals surface area contributed by atoms with Crippen LogP contribution in [0.5, 0.6) is 0 Å². The maximum absolute atomic E-state index is 12.7. The van der Waals surface area contributed by atoms with Crippen molar-refractivity contribution in [2.45, 2.75) is 57.9 Å². The van der Waals surface area contributed by atoms with Gasteiger partial charge in [0.15, 0.2) is 0 Å². The van der Waals surface area contributed by atoms with Gasteiger partial charge in [0.1, 0.15) is 0 Å². The quantitative estimate of drug-likeness (QED) is 0.727. The number of piperidine rings is 1. The van der Waals surface area contributed by atoms with Gasteiger partial charge in [-0.15, -0.1) is 0 Å². The van der Waals surface area contributed by atoms with Crippen LogP contribution in [0.1, 0.15) is 57.4 Å². The molecule has 1 saturated carbocycles. The SMILES string of the molecule is CC1CCC(C2CCCCN2C(=O)/C=C/c2ccccc2)CC1. The predicted octanol–water partition coefficient (Wildman–Crippen LogP) is 4.91. The summed E-state index contributed by atoms with van der Waals surface area (Å²) in [4.78, 5) is 14.9. The zero-order valence-corrected chi connectivity index (χ0v) is 14.3. The fourth-order valence-corrected chi connectivity index (χ4v) is 4.22. The van der Waals surface area contributed by atoms with Crippen molar-refractivity contribution in [3.8, 4) is 0 Å². The molecule has 3 rings (SSSR count). The summed E-state index contributed by atoms with van der Waals surface area (Å²) < 4.78 is 0. The largest absolute Gasteiger partial charge is 0.336 e. The molecule has 1 amide bonds. The van der Waals surface area contributed by atoms with E-state index in [4.69, 9.17) is 0 Å². The van der Waals surface area contributed by atoms with E-state index in [0.717, 1.165) is 30.4 Å². The second-order valence-electron chi connectivity index (χ2n) is 7.36. The van der Waals surface area contributed by atoms with Crippen molar-refractivity contribution in [3.63, 3.8) is 0 Å². The number of amides is 1. The summed E-state index contributed by atoms with van der Waals surface area (Å²) in [6.07, 6.45) is 12.6. The van der Waals surface area contributed by atoms with Crippen LogP contribution in [-0.4, -0.2) is 23.4 Å². The molecule has 1 aromatic rings. The van der Waals surface area contributed by atoms with Crippen LogP contribution in [0.25, 0.3) is 6.08 Å². The van der Waals surface area contributed by atoms with Gasteiger partial charge < -0.3 is 4.90 Å². The molecule has 1 saturated heterocycles. The predicted molar refractivity (Wildman–Crippen MR) is 96.0 cm³/mol. The van der Waals surface area contributed by atoms with Crippen molar-refractivity contribution >= 4 is 12.0 Å². The Morgan fingerprint density at radius 2 is 1.78 bits per heavy atom. The molecular formula is C21H29NO. The van der Waals surface area contributed by atoms with E-state index in [1.807, 2.05) is 36.4 Å².